The van der Waals surface area contributed by atoms with E-state index in [4.69, 9.17) is 9.47 Å². The van der Waals surface area contributed by atoms with Crippen LogP contribution in [0, 0.1) is 5.92 Å². The Morgan fingerprint density at radius 3 is 2.68 bits per heavy atom. The number of carbonyl (C=O) groups is 1. The van der Waals surface area contributed by atoms with Gasteiger partial charge in [0.1, 0.15) is 11.5 Å². The molecular formula is C19H22N2O3S. The number of nitrogens with one attached hydrogen (secondary N) is 1. The minimum absolute atomic E-state index is 0.194. The fourth-order valence-corrected chi connectivity index (χ4v) is 4.01. The molecule has 2 aromatic rings. The Morgan fingerprint density at radius 1 is 1.28 bits per heavy atom. The minimum Gasteiger partial charge on any atom is -0.497 e. The summed E-state index contributed by atoms with van der Waals surface area (Å²) < 4.78 is 10.5. The number of methoxy groups -OCH3 is 2. The third-order valence-corrected chi connectivity index (χ3v) is 5.25. The first-order valence-electron chi connectivity index (χ1n) is 8.28. The molecule has 1 aliphatic rings. The van der Waals surface area contributed by atoms with Crippen LogP contribution in [0.5, 0.6) is 11.5 Å². The first kappa shape index (κ1) is 17.5. The Balaban J connectivity index is 1.67. The van der Waals surface area contributed by atoms with Crippen LogP contribution in [0.25, 0.3) is 6.08 Å². The summed E-state index contributed by atoms with van der Waals surface area (Å²) >= 11 is 1.58. The predicted octanol–water partition coefficient (Wildman–Crippen LogP) is 3.94. The number of thiazole rings is 1. The maximum Gasteiger partial charge on any atom is 0.250 e. The molecule has 0 aliphatic heterocycles. The number of ether oxygens (including phenoxy) is 2. The van der Waals surface area contributed by atoms with Crippen molar-refractivity contribution in [3.63, 3.8) is 0 Å². The van der Waals surface area contributed by atoms with Gasteiger partial charge < -0.3 is 9.47 Å². The van der Waals surface area contributed by atoms with Crippen molar-refractivity contribution >= 4 is 28.5 Å². The van der Waals surface area contributed by atoms with Crippen molar-refractivity contribution in [1.29, 1.82) is 0 Å². The maximum absolute atomic E-state index is 12.2. The van der Waals surface area contributed by atoms with Gasteiger partial charge in [0.05, 0.1) is 19.9 Å². The van der Waals surface area contributed by atoms with Crippen LogP contribution in [-0.2, 0) is 17.6 Å². The minimum atomic E-state index is -0.194. The van der Waals surface area contributed by atoms with Gasteiger partial charge in [-0.3, -0.25) is 10.1 Å². The van der Waals surface area contributed by atoms with Crippen LogP contribution in [0.3, 0.4) is 0 Å². The Labute approximate surface area is 151 Å². The van der Waals surface area contributed by atoms with Crippen LogP contribution >= 0.6 is 11.3 Å². The molecule has 1 amide bonds. The molecular weight excluding hydrogens is 336 g/mol. The van der Waals surface area contributed by atoms with Crippen molar-refractivity contribution in [3.05, 3.63) is 40.4 Å². The third-order valence-electron chi connectivity index (χ3n) is 4.22. The summed E-state index contributed by atoms with van der Waals surface area (Å²) in [5, 5.41) is 3.54. The lowest BCUT2D eigenvalue weighted by atomic mass is 9.93. The monoisotopic (exact) mass is 358 g/mol. The van der Waals surface area contributed by atoms with Gasteiger partial charge in [0.15, 0.2) is 5.13 Å². The smallest absolute Gasteiger partial charge is 0.250 e. The predicted molar refractivity (Wildman–Crippen MR) is 101 cm³/mol. The van der Waals surface area contributed by atoms with E-state index < -0.39 is 0 Å². The van der Waals surface area contributed by atoms with Gasteiger partial charge in [-0.25, -0.2) is 4.98 Å². The van der Waals surface area contributed by atoms with Crippen LogP contribution in [0.4, 0.5) is 5.13 Å². The zero-order chi connectivity index (χ0) is 17.8. The fourth-order valence-electron chi connectivity index (χ4n) is 2.84. The number of rotatable bonds is 5. The summed E-state index contributed by atoms with van der Waals surface area (Å²) in [6.07, 6.45) is 6.46. The van der Waals surface area contributed by atoms with Gasteiger partial charge in [0.25, 0.3) is 0 Å². The highest BCUT2D eigenvalue weighted by Crippen LogP contribution is 2.32. The molecule has 0 saturated carbocycles. The van der Waals surface area contributed by atoms with Crippen molar-refractivity contribution in [2.45, 2.75) is 26.2 Å². The van der Waals surface area contributed by atoms with Gasteiger partial charge in [0.2, 0.25) is 5.91 Å². The normalized spacial score (nSPS) is 16.5. The second kappa shape index (κ2) is 7.70. The molecule has 3 rings (SSSR count). The largest absolute Gasteiger partial charge is 0.497 e. The standard InChI is InChI=1S/C19H22N2O3S/c1-12-4-6-16-17(8-12)25-19(20-16)21-18(22)7-5-13-9-14(23-2)11-15(10-13)24-3/h5,7,9-12H,4,6,8H2,1-3H3,(H,20,21,22). The SMILES string of the molecule is COc1cc(C=CC(=O)Nc2nc3c(s2)CC(C)CC3)cc(OC)c1. The molecule has 0 saturated heterocycles. The number of hydrogen-bond acceptors (Lipinski definition) is 5. The van der Waals surface area contributed by atoms with E-state index in [1.807, 2.05) is 12.1 Å². The van der Waals surface area contributed by atoms with E-state index in [1.54, 1.807) is 37.7 Å². The molecule has 1 aromatic carbocycles. The van der Waals surface area contributed by atoms with E-state index in [9.17, 15) is 4.79 Å². The average Bonchev–Trinajstić information content (AvgIpc) is 3.00. The molecule has 1 atom stereocenters. The van der Waals surface area contributed by atoms with E-state index in [2.05, 4.69) is 17.2 Å². The quantitative estimate of drug-likeness (QED) is 0.823. The van der Waals surface area contributed by atoms with Crippen LogP contribution in [0.2, 0.25) is 0 Å². The highest BCUT2D eigenvalue weighted by atomic mass is 32.1. The highest BCUT2D eigenvalue weighted by Gasteiger charge is 2.20. The van der Waals surface area contributed by atoms with Gasteiger partial charge in [0, 0.05) is 17.0 Å². The van der Waals surface area contributed by atoms with Crippen molar-refractivity contribution in [2.75, 3.05) is 19.5 Å². The first-order valence-corrected chi connectivity index (χ1v) is 9.09. The number of fused-ring (bicyclic) bond motifs is 1. The molecule has 132 valence electrons. The number of nitrogens with zero attached hydrogens (tertiary/aromatic N) is 1. The number of hydrogen-bond donors (Lipinski definition) is 1. The van der Waals surface area contributed by atoms with Gasteiger partial charge in [-0.05, 0) is 49.0 Å². The zero-order valence-corrected chi connectivity index (χ0v) is 15.5. The first-order chi connectivity index (χ1) is 12.1. The van der Waals surface area contributed by atoms with Gasteiger partial charge in [-0.1, -0.05) is 6.92 Å². The van der Waals surface area contributed by atoms with E-state index in [0.29, 0.717) is 22.5 Å². The lowest BCUT2D eigenvalue weighted by Gasteiger charge is -2.15. The number of benzene rings is 1. The summed E-state index contributed by atoms with van der Waals surface area (Å²) in [5.41, 5.74) is 1.97. The molecule has 1 aliphatic carbocycles. The fraction of sp³-hybridized carbons (Fsp3) is 0.368. The molecule has 25 heavy (non-hydrogen) atoms. The van der Waals surface area contributed by atoms with Gasteiger partial charge in [-0.15, -0.1) is 11.3 Å². The highest BCUT2D eigenvalue weighted by molar-refractivity contribution is 7.15. The second-order valence-corrected chi connectivity index (χ2v) is 7.29. The van der Waals surface area contributed by atoms with Crippen LogP contribution in [0.1, 0.15) is 29.5 Å². The van der Waals surface area contributed by atoms with E-state index in [1.165, 1.54) is 17.4 Å². The topological polar surface area (TPSA) is 60.5 Å². The molecule has 1 unspecified atom stereocenters. The number of carbonyl (C=O) groups excluding carboxylic acids is 1. The molecule has 6 heteroatoms. The van der Waals surface area contributed by atoms with Crippen LogP contribution in [-0.4, -0.2) is 25.1 Å². The Bertz CT molecular complexity index is 776. The summed E-state index contributed by atoms with van der Waals surface area (Å²) in [5.74, 6) is 1.86. The van der Waals surface area contributed by atoms with E-state index >= 15 is 0 Å². The molecule has 0 spiro atoms. The Kier molecular flexibility index (Phi) is 5.38. The molecule has 0 fully saturated rings. The zero-order valence-electron chi connectivity index (χ0n) is 14.7. The number of anilines is 1. The molecule has 0 radical (unpaired) electrons. The van der Waals surface area contributed by atoms with Crippen molar-refractivity contribution in [1.82, 2.24) is 4.98 Å². The molecule has 1 aromatic heterocycles. The second-order valence-electron chi connectivity index (χ2n) is 6.21. The average molecular weight is 358 g/mol. The Morgan fingerprint density at radius 2 is 2.00 bits per heavy atom. The lowest BCUT2D eigenvalue weighted by molar-refractivity contribution is -0.111. The van der Waals surface area contributed by atoms with E-state index in [0.717, 1.165) is 24.1 Å². The van der Waals surface area contributed by atoms with E-state index in [-0.39, 0.29) is 5.91 Å². The third kappa shape index (κ3) is 4.39. The van der Waals surface area contributed by atoms with Crippen molar-refractivity contribution < 1.29 is 14.3 Å². The van der Waals surface area contributed by atoms with Gasteiger partial charge >= 0.3 is 0 Å². The van der Waals surface area contributed by atoms with Crippen LogP contribution in [0.15, 0.2) is 24.3 Å². The van der Waals surface area contributed by atoms with Crippen LogP contribution < -0.4 is 14.8 Å². The van der Waals surface area contributed by atoms with Crippen molar-refractivity contribution in [2.24, 2.45) is 5.92 Å². The Hall–Kier alpha value is -2.34. The number of aryl methyl sites for hydroxylation is 1. The molecule has 0 bridgehead atoms. The number of aromatic nitrogens is 1. The van der Waals surface area contributed by atoms with Crippen molar-refractivity contribution in [3.8, 4) is 11.5 Å². The maximum atomic E-state index is 12.2. The summed E-state index contributed by atoms with van der Waals surface area (Å²) in [4.78, 5) is 18.0. The summed E-state index contributed by atoms with van der Waals surface area (Å²) in [6.45, 7) is 2.26. The lowest BCUT2D eigenvalue weighted by Crippen LogP contribution is -2.09. The summed E-state index contributed by atoms with van der Waals surface area (Å²) in [7, 11) is 3.19. The van der Waals surface area contributed by atoms with Gasteiger partial charge in [-0.2, -0.15) is 0 Å². The molecule has 1 N–H and O–H groups in total. The molecule has 1 heterocycles. The summed E-state index contributed by atoms with van der Waals surface area (Å²) in [6, 6.07) is 5.48. The number of amides is 1. The molecule has 5 nitrogen and oxygen atoms in total.